The molecular formula is C12H12ClN3O3. The number of nitrogens with one attached hydrogen (secondary N) is 2. The van der Waals surface area contributed by atoms with Gasteiger partial charge in [0.05, 0.1) is 29.5 Å². The molecule has 0 atom stereocenters. The second-order valence-electron chi connectivity index (χ2n) is 3.55. The summed E-state index contributed by atoms with van der Waals surface area (Å²) < 4.78 is 5.07. The fraction of sp³-hybridized carbons (Fsp3) is 0.250. The van der Waals surface area contributed by atoms with Gasteiger partial charge in [-0.15, -0.1) is 0 Å². The topological polar surface area (TPSA) is 91.2 Å². The van der Waals surface area contributed by atoms with Crippen molar-refractivity contribution in [3.63, 3.8) is 0 Å². The predicted octanol–water partition coefficient (Wildman–Crippen LogP) is 1.56. The van der Waals surface area contributed by atoms with E-state index in [9.17, 15) is 9.59 Å². The maximum Gasteiger partial charge on any atom is 0.255 e. The van der Waals surface area contributed by atoms with E-state index in [-0.39, 0.29) is 28.8 Å². The van der Waals surface area contributed by atoms with Crippen molar-refractivity contribution < 1.29 is 14.3 Å². The number of hydrogen-bond donors (Lipinski definition) is 2. The Bertz CT molecular complexity index is 552. The van der Waals surface area contributed by atoms with Gasteiger partial charge in [0, 0.05) is 13.0 Å². The van der Waals surface area contributed by atoms with E-state index in [0.29, 0.717) is 5.69 Å². The highest BCUT2D eigenvalue weighted by Crippen LogP contribution is 2.30. The van der Waals surface area contributed by atoms with E-state index in [4.69, 9.17) is 21.6 Å². The number of benzene rings is 1. The Hall–Kier alpha value is -2.26. The number of hydrogen-bond acceptors (Lipinski definition) is 4. The lowest BCUT2D eigenvalue weighted by Crippen LogP contribution is -2.24. The SMILES string of the molecule is COc1cc(NC(C)=O)c(Cl)cc1C(=O)NCC#N. The molecule has 19 heavy (non-hydrogen) atoms. The van der Waals surface area contributed by atoms with E-state index < -0.39 is 5.91 Å². The minimum absolute atomic E-state index is 0.118. The maximum absolute atomic E-state index is 11.8. The van der Waals surface area contributed by atoms with E-state index in [2.05, 4.69) is 10.6 Å². The molecule has 7 heteroatoms. The Balaban J connectivity index is 3.13. The van der Waals surface area contributed by atoms with Crippen molar-refractivity contribution in [2.75, 3.05) is 19.0 Å². The lowest BCUT2D eigenvalue weighted by molar-refractivity contribution is -0.114. The molecule has 6 nitrogen and oxygen atoms in total. The molecule has 0 aromatic heterocycles. The normalized spacial score (nSPS) is 9.37. The van der Waals surface area contributed by atoms with Crippen LogP contribution in [0.15, 0.2) is 12.1 Å². The molecule has 0 aliphatic heterocycles. The summed E-state index contributed by atoms with van der Waals surface area (Å²) in [6, 6.07) is 4.62. The van der Waals surface area contributed by atoms with Crippen molar-refractivity contribution in [1.82, 2.24) is 5.32 Å². The van der Waals surface area contributed by atoms with Crippen LogP contribution in [0.3, 0.4) is 0 Å². The maximum atomic E-state index is 11.8. The van der Waals surface area contributed by atoms with Crippen LogP contribution in [0.4, 0.5) is 5.69 Å². The number of nitrogens with zero attached hydrogens (tertiary/aromatic N) is 1. The predicted molar refractivity (Wildman–Crippen MR) is 70.3 cm³/mol. The molecule has 0 aliphatic rings. The van der Waals surface area contributed by atoms with Crippen LogP contribution in [-0.2, 0) is 4.79 Å². The molecule has 1 aromatic rings. The number of methoxy groups -OCH3 is 1. The molecule has 0 saturated heterocycles. The van der Waals surface area contributed by atoms with Gasteiger partial charge in [0.15, 0.2) is 0 Å². The Morgan fingerprint density at radius 3 is 2.68 bits per heavy atom. The lowest BCUT2D eigenvalue weighted by atomic mass is 10.1. The van der Waals surface area contributed by atoms with Crippen LogP contribution in [0, 0.1) is 11.3 Å². The Labute approximate surface area is 115 Å². The molecule has 100 valence electrons. The van der Waals surface area contributed by atoms with Crippen LogP contribution in [-0.4, -0.2) is 25.5 Å². The van der Waals surface area contributed by atoms with Crippen LogP contribution >= 0.6 is 11.6 Å². The molecule has 0 radical (unpaired) electrons. The third kappa shape index (κ3) is 3.86. The number of carbonyl (C=O) groups is 2. The van der Waals surface area contributed by atoms with Crippen LogP contribution < -0.4 is 15.4 Å². The number of anilines is 1. The average Bonchev–Trinajstić information content (AvgIpc) is 2.37. The zero-order valence-electron chi connectivity index (χ0n) is 10.4. The zero-order valence-corrected chi connectivity index (χ0v) is 11.2. The molecule has 0 bridgehead atoms. The Morgan fingerprint density at radius 1 is 1.47 bits per heavy atom. The van der Waals surface area contributed by atoms with Gasteiger partial charge in [-0.05, 0) is 6.07 Å². The fourth-order valence-corrected chi connectivity index (χ4v) is 1.61. The van der Waals surface area contributed by atoms with Crippen LogP contribution in [0.2, 0.25) is 5.02 Å². The summed E-state index contributed by atoms with van der Waals surface area (Å²) in [7, 11) is 1.39. The van der Waals surface area contributed by atoms with Gasteiger partial charge in [0.1, 0.15) is 12.3 Å². The number of halogens is 1. The summed E-state index contributed by atoms with van der Waals surface area (Å²) in [6.45, 7) is 1.23. The first-order chi connectivity index (χ1) is 8.99. The molecule has 2 N–H and O–H groups in total. The molecule has 0 unspecified atom stereocenters. The zero-order chi connectivity index (χ0) is 14.4. The molecule has 2 amide bonds. The highest BCUT2D eigenvalue weighted by atomic mass is 35.5. The Morgan fingerprint density at radius 2 is 2.16 bits per heavy atom. The van der Waals surface area contributed by atoms with Gasteiger partial charge in [0.2, 0.25) is 5.91 Å². The van der Waals surface area contributed by atoms with Crippen LogP contribution in [0.5, 0.6) is 5.75 Å². The van der Waals surface area contributed by atoms with Gasteiger partial charge in [-0.2, -0.15) is 5.26 Å². The number of nitriles is 1. The first-order valence-corrected chi connectivity index (χ1v) is 5.67. The van der Waals surface area contributed by atoms with Crippen molar-refractivity contribution in [1.29, 1.82) is 5.26 Å². The van der Waals surface area contributed by atoms with E-state index in [1.165, 1.54) is 26.2 Å². The molecule has 0 fully saturated rings. The molecule has 1 aromatic carbocycles. The summed E-state index contributed by atoms with van der Waals surface area (Å²) in [5.41, 5.74) is 0.541. The van der Waals surface area contributed by atoms with E-state index in [1.807, 2.05) is 0 Å². The molecule has 0 heterocycles. The van der Waals surface area contributed by atoms with Crippen molar-refractivity contribution in [3.8, 4) is 11.8 Å². The highest BCUT2D eigenvalue weighted by Gasteiger charge is 2.16. The van der Waals surface area contributed by atoms with E-state index in [1.54, 1.807) is 6.07 Å². The summed E-state index contributed by atoms with van der Waals surface area (Å²) in [6.07, 6.45) is 0. The molecule has 0 spiro atoms. The van der Waals surface area contributed by atoms with Gasteiger partial charge in [-0.25, -0.2) is 0 Å². The van der Waals surface area contributed by atoms with Crippen molar-refractivity contribution >= 4 is 29.1 Å². The van der Waals surface area contributed by atoms with Crippen LogP contribution in [0.25, 0.3) is 0 Å². The van der Waals surface area contributed by atoms with Gasteiger partial charge in [0.25, 0.3) is 5.91 Å². The monoisotopic (exact) mass is 281 g/mol. The Kier molecular flexibility index (Phi) is 5.15. The summed E-state index contributed by atoms with van der Waals surface area (Å²) in [4.78, 5) is 22.8. The minimum Gasteiger partial charge on any atom is -0.496 e. The molecule has 1 rings (SSSR count). The summed E-state index contributed by atoms with van der Waals surface area (Å²) in [5.74, 6) is -0.510. The lowest BCUT2D eigenvalue weighted by Gasteiger charge is -2.12. The second-order valence-corrected chi connectivity index (χ2v) is 3.96. The van der Waals surface area contributed by atoms with Gasteiger partial charge < -0.3 is 15.4 Å². The number of ether oxygens (including phenoxy) is 1. The van der Waals surface area contributed by atoms with E-state index >= 15 is 0 Å². The standard InChI is InChI=1S/C12H12ClN3O3/c1-7(17)16-10-6-11(19-2)8(5-9(10)13)12(18)15-4-3-14/h5-6H,4H2,1-2H3,(H,15,18)(H,16,17). The minimum atomic E-state index is -0.477. The fourth-order valence-electron chi connectivity index (χ4n) is 1.40. The molecule has 0 aliphatic carbocycles. The quantitative estimate of drug-likeness (QED) is 0.819. The molecule has 0 saturated carbocycles. The van der Waals surface area contributed by atoms with Gasteiger partial charge in [-0.1, -0.05) is 11.6 Å². The van der Waals surface area contributed by atoms with Crippen molar-refractivity contribution in [2.45, 2.75) is 6.92 Å². The van der Waals surface area contributed by atoms with Crippen molar-refractivity contribution in [2.24, 2.45) is 0 Å². The average molecular weight is 282 g/mol. The smallest absolute Gasteiger partial charge is 0.255 e. The van der Waals surface area contributed by atoms with Crippen molar-refractivity contribution in [3.05, 3.63) is 22.7 Å². The van der Waals surface area contributed by atoms with Gasteiger partial charge >= 0.3 is 0 Å². The highest BCUT2D eigenvalue weighted by molar-refractivity contribution is 6.34. The van der Waals surface area contributed by atoms with Crippen LogP contribution in [0.1, 0.15) is 17.3 Å². The number of carbonyl (C=O) groups excluding carboxylic acids is 2. The molecular weight excluding hydrogens is 270 g/mol. The third-order valence-corrected chi connectivity index (χ3v) is 2.49. The van der Waals surface area contributed by atoms with Gasteiger partial charge in [-0.3, -0.25) is 9.59 Å². The number of amides is 2. The first-order valence-electron chi connectivity index (χ1n) is 5.30. The third-order valence-electron chi connectivity index (χ3n) is 2.17. The summed E-state index contributed by atoms with van der Waals surface area (Å²) >= 11 is 5.97. The second kappa shape index (κ2) is 6.61. The number of rotatable bonds is 4. The largest absolute Gasteiger partial charge is 0.496 e. The first kappa shape index (κ1) is 14.8. The van der Waals surface area contributed by atoms with E-state index in [0.717, 1.165) is 0 Å². The summed E-state index contributed by atoms with van der Waals surface area (Å²) in [5, 5.41) is 13.5.